The van der Waals surface area contributed by atoms with Crippen molar-refractivity contribution in [1.29, 1.82) is 0 Å². The van der Waals surface area contributed by atoms with Crippen LogP contribution < -0.4 is 0 Å². The van der Waals surface area contributed by atoms with Gasteiger partial charge in [-0.05, 0) is 27.1 Å². The van der Waals surface area contributed by atoms with E-state index in [0.717, 1.165) is 37.6 Å². The highest BCUT2D eigenvalue weighted by Crippen LogP contribution is 2.10. The first-order valence-electron chi connectivity index (χ1n) is 6.00. The average Bonchev–Trinajstić information content (AvgIpc) is 2.22. The van der Waals surface area contributed by atoms with Gasteiger partial charge in [0.25, 0.3) is 0 Å². The predicted octanol–water partition coefficient (Wildman–Crippen LogP) is 1.24. The fourth-order valence-electron chi connectivity index (χ4n) is 2.28. The number of aromatic nitrogens is 2. The zero-order valence-corrected chi connectivity index (χ0v) is 11.5. The van der Waals surface area contributed by atoms with E-state index >= 15 is 0 Å². The van der Waals surface area contributed by atoms with Gasteiger partial charge in [0.2, 0.25) is 0 Å². The molecular formula is C12H20N4S. The maximum absolute atomic E-state index is 5.15. The van der Waals surface area contributed by atoms with Gasteiger partial charge >= 0.3 is 0 Å². The van der Waals surface area contributed by atoms with Gasteiger partial charge in [-0.3, -0.25) is 0 Å². The summed E-state index contributed by atoms with van der Waals surface area (Å²) in [5.41, 5.74) is 1.09. The number of likely N-dealkylation sites (N-methyl/N-ethyl adjacent to an activating group) is 2. The molecule has 1 aliphatic rings. The molecule has 1 atom stereocenters. The van der Waals surface area contributed by atoms with Crippen molar-refractivity contribution >= 4 is 12.2 Å². The van der Waals surface area contributed by atoms with Gasteiger partial charge in [0.15, 0.2) is 0 Å². The summed E-state index contributed by atoms with van der Waals surface area (Å²) in [5.74, 6) is 1.00. The van der Waals surface area contributed by atoms with E-state index in [1.54, 1.807) is 0 Å². The summed E-state index contributed by atoms with van der Waals surface area (Å²) in [7, 11) is 4.36. The average molecular weight is 252 g/mol. The number of aryl methyl sites for hydroxylation is 1. The van der Waals surface area contributed by atoms with Crippen molar-refractivity contribution in [3.63, 3.8) is 0 Å². The Labute approximate surface area is 108 Å². The number of piperazine rings is 1. The number of H-pyrrole nitrogens is 1. The molecule has 2 heterocycles. The molecule has 0 aromatic carbocycles. The fraction of sp³-hybridized carbons (Fsp3) is 0.667. The lowest BCUT2D eigenvalue weighted by molar-refractivity contribution is 0.113. The van der Waals surface area contributed by atoms with Gasteiger partial charge in [-0.2, -0.15) is 0 Å². The van der Waals surface area contributed by atoms with Crippen molar-refractivity contribution in [3.8, 4) is 0 Å². The van der Waals surface area contributed by atoms with Crippen LogP contribution >= 0.6 is 12.2 Å². The normalized spacial score (nSPS) is 22.9. The largest absolute Gasteiger partial charge is 0.347 e. The second-order valence-electron chi connectivity index (χ2n) is 4.95. The monoisotopic (exact) mass is 252 g/mol. The van der Waals surface area contributed by atoms with E-state index in [0.29, 0.717) is 10.7 Å². The summed E-state index contributed by atoms with van der Waals surface area (Å²) in [4.78, 5) is 12.5. The van der Waals surface area contributed by atoms with E-state index in [-0.39, 0.29) is 0 Å². The molecule has 0 aliphatic carbocycles. The Bertz CT molecular complexity index is 442. The maximum atomic E-state index is 5.15. The molecule has 0 saturated carbocycles. The second kappa shape index (κ2) is 5.25. The molecule has 1 aromatic heterocycles. The Morgan fingerprint density at radius 3 is 2.94 bits per heavy atom. The number of nitrogens with zero attached hydrogens (tertiary/aromatic N) is 3. The van der Waals surface area contributed by atoms with Gasteiger partial charge in [-0.25, -0.2) is 4.98 Å². The first kappa shape index (κ1) is 12.7. The number of hydrogen-bond donors (Lipinski definition) is 1. The number of nitrogens with one attached hydrogen (secondary N) is 1. The van der Waals surface area contributed by atoms with Gasteiger partial charge in [0.1, 0.15) is 10.5 Å². The lowest BCUT2D eigenvalue weighted by Gasteiger charge is -2.37. The quantitative estimate of drug-likeness (QED) is 0.803. The second-order valence-corrected chi connectivity index (χ2v) is 5.37. The van der Waals surface area contributed by atoms with Crippen LogP contribution in [-0.4, -0.2) is 59.5 Å². The van der Waals surface area contributed by atoms with Gasteiger partial charge in [-0.15, -0.1) is 0 Å². The van der Waals surface area contributed by atoms with Crippen LogP contribution in [0.15, 0.2) is 6.07 Å². The standard InChI is InChI=1S/C12H20N4S/c1-9-6-12(17)14-11(13-9)7-10-8-15(2)4-5-16(10)3/h6,10H,4-5,7-8H2,1-3H3,(H,13,14,17). The van der Waals surface area contributed by atoms with Crippen LogP contribution in [0.25, 0.3) is 0 Å². The molecule has 94 valence electrons. The Morgan fingerprint density at radius 1 is 1.47 bits per heavy atom. The summed E-state index contributed by atoms with van der Waals surface area (Å²) in [6, 6.07) is 2.42. The molecule has 2 rings (SSSR count). The topological polar surface area (TPSA) is 35.2 Å². The van der Waals surface area contributed by atoms with Crippen LogP contribution in [0.1, 0.15) is 11.5 Å². The highest BCUT2D eigenvalue weighted by molar-refractivity contribution is 7.71. The number of hydrogen-bond acceptors (Lipinski definition) is 4. The zero-order chi connectivity index (χ0) is 12.4. The molecule has 0 amide bonds. The van der Waals surface area contributed by atoms with E-state index in [1.807, 2.05) is 13.0 Å². The molecule has 17 heavy (non-hydrogen) atoms. The van der Waals surface area contributed by atoms with Crippen LogP contribution in [0, 0.1) is 11.6 Å². The summed E-state index contributed by atoms with van der Waals surface area (Å²) >= 11 is 5.15. The van der Waals surface area contributed by atoms with Gasteiger partial charge < -0.3 is 14.8 Å². The van der Waals surface area contributed by atoms with Gasteiger partial charge in [0.05, 0.1) is 0 Å². The van der Waals surface area contributed by atoms with E-state index < -0.39 is 0 Å². The zero-order valence-electron chi connectivity index (χ0n) is 10.7. The molecule has 1 aliphatic heterocycles. The minimum absolute atomic E-state index is 0.522. The van der Waals surface area contributed by atoms with Crippen LogP contribution in [0.2, 0.25) is 0 Å². The maximum Gasteiger partial charge on any atom is 0.129 e. The Balaban J connectivity index is 2.11. The molecule has 1 N–H and O–H groups in total. The summed E-state index contributed by atoms with van der Waals surface area (Å²) < 4.78 is 0.683. The Kier molecular flexibility index (Phi) is 3.91. The van der Waals surface area contributed by atoms with Crippen LogP contribution in [0.3, 0.4) is 0 Å². The van der Waals surface area contributed by atoms with Gasteiger partial charge in [0, 0.05) is 37.8 Å². The molecule has 0 radical (unpaired) electrons. The van der Waals surface area contributed by atoms with Crippen LogP contribution in [0.5, 0.6) is 0 Å². The highest BCUT2D eigenvalue weighted by atomic mass is 32.1. The fourth-order valence-corrected chi connectivity index (χ4v) is 2.57. The first-order valence-corrected chi connectivity index (χ1v) is 6.41. The lowest BCUT2D eigenvalue weighted by Crippen LogP contribution is -2.51. The van der Waals surface area contributed by atoms with E-state index in [4.69, 9.17) is 12.2 Å². The predicted molar refractivity (Wildman–Crippen MR) is 71.8 cm³/mol. The number of aromatic amines is 1. The van der Waals surface area contributed by atoms with Crippen molar-refractivity contribution < 1.29 is 0 Å². The molecule has 4 nitrogen and oxygen atoms in total. The Morgan fingerprint density at radius 2 is 2.24 bits per heavy atom. The molecule has 0 spiro atoms. The molecule has 1 fully saturated rings. The molecule has 0 bridgehead atoms. The van der Waals surface area contributed by atoms with Crippen molar-refractivity contribution in [3.05, 3.63) is 22.2 Å². The third kappa shape index (κ3) is 3.34. The van der Waals surface area contributed by atoms with Crippen molar-refractivity contribution in [2.75, 3.05) is 33.7 Å². The minimum Gasteiger partial charge on any atom is -0.347 e. The highest BCUT2D eigenvalue weighted by Gasteiger charge is 2.22. The van der Waals surface area contributed by atoms with E-state index in [2.05, 4.69) is 33.9 Å². The lowest BCUT2D eigenvalue weighted by atomic mass is 10.1. The Hall–Kier alpha value is -0.780. The molecule has 5 heteroatoms. The van der Waals surface area contributed by atoms with Crippen LogP contribution in [0.4, 0.5) is 0 Å². The summed E-state index contributed by atoms with van der Waals surface area (Å²) in [6.45, 7) is 5.38. The third-order valence-electron chi connectivity index (χ3n) is 3.34. The van der Waals surface area contributed by atoms with E-state index in [9.17, 15) is 0 Å². The van der Waals surface area contributed by atoms with Crippen LogP contribution in [-0.2, 0) is 6.42 Å². The summed E-state index contributed by atoms with van der Waals surface area (Å²) in [5, 5.41) is 0. The summed E-state index contributed by atoms with van der Waals surface area (Å²) in [6.07, 6.45) is 0.937. The molecule has 1 aromatic rings. The first-order chi connectivity index (χ1) is 8.04. The molecule has 1 saturated heterocycles. The third-order valence-corrected chi connectivity index (χ3v) is 3.54. The molecule has 1 unspecified atom stereocenters. The van der Waals surface area contributed by atoms with E-state index in [1.165, 1.54) is 0 Å². The van der Waals surface area contributed by atoms with Gasteiger partial charge in [-0.1, -0.05) is 12.2 Å². The molecular weight excluding hydrogens is 232 g/mol. The number of rotatable bonds is 2. The van der Waals surface area contributed by atoms with Crippen molar-refractivity contribution in [2.45, 2.75) is 19.4 Å². The minimum atomic E-state index is 0.522. The SMILES string of the molecule is Cc1cc(=S)nc(CC2CN(C)CCN2C)[nH]1. The van der Waals surface area contributed by atoms with Crippen molar-refractivity contribution in [2.24, 2.45) is 0 Å². The van der Waals surface area contributed by atoms with Crippen molar-refractivity contribution in [1.82, 2.24) is 19.8 Å². The smallest absolute Gasteiger partial charge is 0.129 e.